The van der Waals surface area contributed by atoms with Gasteiger partial charge in [0.05, 0.1) is 12.9 Å². The van der Waals surface area contributed by atoms with Crippen LogP contribution in [0.5, 0.6) is 5.75 Å². The number of carbonyl (C=O) groups is 13. The molecule has 0 bridgehead atoms. The number of aromatic hydroxyl groups is 1. The summed E-state index contributed by atoms with van der Waals surface area (Å²) in [4.78, 5) is 190. The number of rotatable bonds is 42. The van der Waals surface area contributed by atoms with Crippen LogP contribution in [-0.2, 0) is 78.4 Å². The van der Waals surface area contributed by atoms with E-state index in [9.17, 15) is 58.2 Å². The highest BCUT2D eigenvalue weighted by Gasteiger charge is 2.41. The molecule has 14 amide bonds. The first-order valence-corrected chi connectivity index (χ1v) is 38.2. The number of benzene rings is 4. The van der Waals surface area contributed by atoms with Crippen molar-refractivity contribution in [1.29, 1.82) is 0 Å². The second-order valence-electron chi connectivity index (χ2n) is 28.8. The maximum absolute atomic E-state index is 15.4. The van der Waals surface area contributed by atoms with Crippen LogP contribution in [0.1, 0.15) is 132 Å². The fourth-order valence-corrected chi connectivity index (χ4v) is 13.0. The highest BCUT2D eigenvalue weighted by atomic mass is 35.5. The first kappa shape index (κ1) is 88.7. The quantitative estimate of drug-likeness (QED) is 0.0193. The van der Waals surface area contributed by atoms with Crippen LogP contribution in [0, 0.1) is 5.92 Å². The Balaban J connectivity index is 1.16. The smallest absolute Gasteiger partial charge is 0.333 e. The van der Waals surface area contributed by atoms with Crippen LogP contribution in [0.4, 0.5) is 4.79 Å². The number of amides is 14. The number of hydrazine groups is 1. The lowest BCUT2D eigenvalue weighted by Crippen LogP contribution is -2.62. The molecule has 6 aromatic rings. The van der Waals surface area contributed by atoms with Gasteiger partial charge in [-0.1, -0.05) is 112 Å². The normalized spacial score (nSPS) is 14.9. The van der Waals surface area contributed by atoms with Crippen molar-refractivity contribution in [2.24, 2.45) is 11.7 Å². The van der Waals surface area contributed by atoms with Gasteiger partial charge in [-0.05, 0) is 153 Å². The first-order chi connectivity index (χ1) is 54.0. The second kappa shape index (κ2) is 44.5. The monoisotopic (exact) mass is 1580 g/mol. The Hall–Kier alpha value is -11.5. The zero-order valence-electron chi connectivity index (χ0n) is 64.6. The van der Waals surface area contributed by atoms with Gasteiger partial charge in [0.1, 0.15) is 66.2 Å². The van der Waals surface area contributed by atoms with E-state index in [1.807, 2.05) is 56.3 Å². The maximum Gasteiger partial charge on any atom is 0.333 e. The molecule has 2 aromatic heterocycles. The van der Waals surface area contributed by atoms with Gasteiger partial charge in [-0.3, -0.25) is 67.9 Å². The van der Waals surface area contributed by atoms with Crippen LogP contribution in [-0.4, -0.2) is 202 Å². The number of hydrogen-bond donors (Lipinski definition) is 15. The molecule has 0 radical (unpaired) electrons. The number of hydrogen-bond acceptors (Lipinski definition) is 18. The Labute approximate surface area is 661 Å². The molecule has 1 aliphatic rings. The molecule has 4 aromatic carbocycles. The maximum atomic E-state index is 15.4. The van der Waals surface area contributed by atoms with Gasteiger partial charge in [-0.15, -0.1) is 0 Å². The van der Waals surface area contributed by atoms with Crippen molar-refractivity contribution >= 4 is 99.3 Å². The molecular formula is C80H105ClN16O16. The topological polar surface area (TPSA) is 465 Å². The number of aromatic nitrogens is 1. The van der Waals surface area contributed by atoms with E-state index >= 15 is 14.4 Å². The average molecular weight is 1580 g/mol. The van der Waals surface area contributed by atoms with E-state index < -0.39 is 144 Å². The van der Waals surface area contributed by atoms with Gasteiger partial charge in [-0.2, -0.15) is 0 Å². The number of likely N-dealkylation sites (tertiary alicyclic amines) is 1. The molecular weight excluding hydrogens is 1480 g/mol. The van der Waals surface area contributed by atoms with Gasteiger partial charge in [-0.25, -0.2) is 10.2 Å². The lowest BCUT2D eigenvalue weighted by atomic mass is 9.99. The van der Waals surface area contributed by atoms with Crippen molar-refractivity contribution in [2.45, 2.75) is 191 Å². The number of likely N-dealkylation sites (N-methyl/N-ethyl adjacent to an activating group) is 1. The Bertz CT molecular complexity index is 4210. The third-order valence-corrected chi connectivity index (χ3v) is 19.2. The van der Waals surface area contributed by atoms with Gasteiger partial charge in [0, 0.05) is 76.2 Å². The number of aliphatic hydroxyl groups excluding tert-OH is 1. The van der Waals surface area contributed by atoms with Crippen molar-refractivity contribution < 1.29 is 77.0 Å². The van der Waals surface area contributed by atoms with Crippen LogP contribution >= 0.6 is 11.6 Å². The average Bonchev–Trinajstić information content (AvgIpc) is 1.82. The molecule has 3 heterocycles. The lowest BCUT2D eigenvalue weighted by Gasteiger charge is -2.33. The summed E-state index contributed by atoms with van der Waals surface area (Å²) in [5.74, 6) is -10.0. The molecule has 10 unspecified atom stereocenters. The minimum Gasteiger partial charge on any atom is -0.508 e. The highest BCUT2D eigenvalue weighted by Crippen LogP contribution is 2.23. The summed E-state index contributed by atoms with van der Waals surface area (Å²) in [5.41, 5.74) is 11.9. The van der Waals surface area contributed by atoms with Crippen molar-refractivity contribution in [3.8, 4) is 5.75 Å². The zero-order valence-corrected chi connectivity index (χ0v) is 65.3. The molecule has 7 rings (SSSR count). The van der Waals surface area contributed by atoms with E-state index in [0.717, 1.165) is 15.7 Å². The predicted octanol–water partition coefficient (Wildman–Crippen LogP) is 2.70. The van der Waals surface area contributed by atoms with E-state index in [0.29, 0.717) is 53.1 Å². The molecule has 1 saturated heterocycles. The molecule has 0 saturated carbocycles. The number of fused-ring (bicyclic) bond motifs is 1. The fourth-order valence-electron chi connectivity index (χ4n) is 12.8. The molecule has 0 spiro atoms. The third-order valence-electron chi connectivity index (χ3n) is 18.9. The van der Waals surface area contributed by atoms with Crippen molar-refractivity contribution in [1.82, 2.24) is 78.8 Å². The number of phenolic OH excluding ortho intramolecular Hbond substituents is 1. The summed E-state index contributed by atoms with van der Waals surface area (Å²) < 4.78 is 5.06. The minimum absolute atomic E-state index is 0.00267. The number of urea groups is 1. The van der Waals surface area contributed by atoms with E-state index in [2.05, 4.69) is 69.0 Å². The van der Waals surface area contributed by atoms with Crippen molar-refractivity contribution in [2.75, 3.05) is 33.3 Å². The summed E-state index contributed by atoms with van der Waals surface area (Å²) >= 11 is 6.26. The predicted molar refractivity (Wildman–Crippen MR) is 420 cm³/mol. The number of aliphatic hydroxyl groups is 1. The Kier molecular flexibility index (Phi) is 34.9. The van der Waals surface area contributed by atoms with Crippen molar-refractivity contribution in [3.05, 3.63) is 167 Å². The summed E-state index contributed by atoms with van der Waals surface area (Å²) in [6.07, 6.45) is 5.42. The van der Waals surface area contributed by atoms with E-state index in [1.54, 1.807) is 50.2 Å². The molecule has 113 heavy (non-hydrogen) atoms. The Morgan fingerprint density at radius 1 is 0.593 bits per heavy atom. The van der Waals surface area contributed by atoms with Crippen LogP contribution < -0.4 is 69.8 Å². The standard InChI is InChI=1S/C80H105ClN16O16/c1-47(2)39-61(71(103)89-60(21-11-12-35-84-48(3)4)79(111)97-37-15-22-66(97)75(107)86-49(5)69(82)101)90-70(102)59(20-10-13-36-85-80(112)95-94-77(109)68-23-16-38-113-68)88-76(108)67(44-52-27-32-58(100)33-28-52)96(7)78(110)65(46-98)93-74(106)64(43-54-17-14-34-83-45-54)92-73(105)63(41-51-25-30-57(81)31-26-51)91-72(104)62(87-50(6)99)42-53-24-29-55-18-8-9-19-56(55)40-53/h8-9,14,16-19,23-34,38,40,45,47-49,59-67,84,98,100H,10-13,15,20-22,35-37,39,41-44,46H2,1-7H3,(H2,82,101)(H,86,107)(H,87,99)(H,88,108)(H,89,103)(H,90,102)(H,91,104)(H,92,105)(H,93,106)(H,94,109)(H2,85,95,112). The zero-order chi connectivity index (χ0) is 82.3. The Morgan fingerprint density at radius 2 is 1.16 bits per heavy atom. The molecule has 0 aliphatic carbocycles. The minimum atomic E-state index is -1.85. The van der Waals surface area contributed by atoms with Gasteiger partial charge >= 0.3 is 11.9 Å². The molecule has 16 N–H and O–H groups in total. The number of pyridine rings is 1. The summed E-state index contributed by atoms with van der Waals surface area (Å²) in [7, 11) is 1.22. The SMILES string of the molecule is CC(=O)NC(Cc1ccc2ccccc2c1)C(=O)NC(Cc1ccc(Cl)cc1)C(=O)NC(Cc1cccnc1)C(=O)NC(CO)C(=O)N(C)C(Cc1ccc(O)cc1)C(=O)NC(CCCCNC(=O)NNC(=O)c1ccco1)C(=O)NC(CC(C)C)C(=O)NC(CCCCNC(C)C)C(=O)N1CCCC1C(=O)NC(C)C(N)=O. The second-order valence-corrected chi connectivity index (χ2v) is 29.2. The van der Waals surface area contributed by atoms with E-state index in [1.165, 1.54) is 80.9 Å². The van der Waals surface area contributed by atoms with Crippen LogP contribution in [0.15, 0.2) is 138 Å². The number of phenols is 1. The third kappa shape index (κ3) is 28.6. The molecule has 1 fully saturated rings. The number of halogens is 1. The summed E-state index contributed by atoms with van der Waals surface area (Å²) in [6.45, 7) is 9.86. The largest absolute Gasteiger partial charge is 0.508 e. The Morgan fingerprint density at radius 3 is 1.78 bits per heavy atom. The fraction of sp³-hybridized carbons (Fsp3) is 0.450. The molecule has 33 heteroatoms. The number of carbonyl (C=O) groups excluding carboxylic acids is 13. The number of furan rings is 1. The van der Waals surface area contributed by atoms with Gasteiger partial charge in [0.2, 0.25) is 65.0 Å². The summed E-state index contributed by atoms with van der Waals surface area (Å²) in [6, 6.07) is 17.0. The molecule has 32 nitrogen and oxygen atoms in total. The first-order valence-electron chi connectivity index (χ1n) is 37.8. The van der Waals surface area contributed by atoms with Crippen molar-refractivity contribution in [3.63, 3.8) is 0 Å². The number of primary amides is 1. The lowest BCUT2D eigenvalue weighted by molar-refractivity contribution is -0.144. The van der Waals surface area contributed by atoms with Crippen LogP contribution in [0.25, 0.3) is 10.8 Å². The number of nitrogens with zero attached hydrogens (tertiary/aromatic N) is 3. The summed E-state index contributed by atoms with van der Waals surface area (Å²) in [5, 5.41) is 51.4. The molecule has 1 aliphatic heterocycles. The van der Waals surface area contributed by atoms with E-state index in [-0.39, 0.29) is 101 Å². The van der Waals surface area contributed by atoms with Crippen LogP contribution in [0.3, 0.4) is 0 Å². The number of nitrogens with one attached hydrogen (secondary N) is 12. The number of unbranched alkanes of at least 4 members (excludes halogenated alkanes) is 2. The van der Waals surface area contributed by atoms with E-state index in [4.69, 9.17) is 21.8 Å². The van der Waals surface area contributed by atoms with Crippen LogP contribution in [0.2, 0.25) is 5.02 Å². The highest BCUT2D eigenvalue weighted by molar-refractivity contribution is 6.30. The molecule has 10 atom stereocenters. The molecule has 608 valence electrons. The van der Waals surface area contributed by atoms with Gasteiger partial charge < -0.3 is 83.3 Å². The van der Waals surface area contributed by atoms with Gasteiger partial charge in [0.25, 0.3) is 0 Å². The number of nitrogens with two attached hydrogens (primary N) is 1. The van der Waals surface area contributed by atoms with Gasteiger partial charge in [0.15, 0.2) is 5.76 Å².